The largest absolute Gasteiger partial charge is 0.504 e. The molecule has 84 valence electrons. The Morgan fingerprint density at radius 2 is 2.00 bits per heavy atom. The van der Waals surface area contributed by atoms with E-state index in [9.17, 15) is 14.9 Å². The average Bonchev–Trinajstić information content (AvgIpc) is 2.19. The second kappa shape index (κ2) is 4.30. The smallest absolute Gasteiger partial charge is 0.328 e. The summed E-state index contributed by atoms with van der Waals surface area (Å²) in [5.74, 6) is -2.76. The van der Waals surface area contributed by atoms with E-state index in [0.717, 1.165) is 24.3 Å². The number of nitro groups is 1. The topological polar surface area (TPSA) is 121 Å². The Hall–Kier alpha value is -2.57. The van der Waals surface area contributed by atoms with Crippen molar-refractivity contribution in [1.82, 2.24) is 0 Å². The van der Waals surface area contributed by atoms with Crippen LogP contribution in [0.15, 0.2) is 18.2 Å². The van der Waals surface area contributed by atoms with Crippen LogP contribution in [0, 0.1) is 10.1 Å². The number of carboxylic acids is 1. The zero-order chi connectivity index (χ0) is 12.3. The monoisotopic (exact) mass is 225 g/mol. The van der Waals surface area contributed by atoms with Gasteiger partial charge in [0, 0.05) is 12.1 Å². The lowest BCUT2D eigenvalue weighted by molar-refractivity contribution is -0.386. The zero-order valence-electron chi connectivity index (χ0n) is 7.82. The summed E-state index contributed by atoms with van der Waals surface area (Å²) in [6.07, 6.45) is 1.82. The number of carboxylic acid groups (broad SMARTS) is 1. The summed E-state index contributed by atoms with van der Waals surface area (Å²) in [5, 5.41) is 37.1. The Morgan fingerprint density at radius 1 is 1.38 bits per heavy atom. The van der Waals surface area contributed by atoms with Crippen LogP contribution in [-0.2, 0) is 4.79 Å². The molecule has 0 heterocycles. The van der Waals surface area contributed by atoms with Crippen molar-refractivity contribution < 1.29 is 25.0 Å². The number of aliphatic carboxylic acids is 1. The lowest BCUT2D eigenvalue weighted by Crippen LogP contribution is -1.90. The Morgan fingerprint density at radius 3 is 2.50 bits per heavy atom. The van der Waals surface area contributed by atoms with Crippen molar-refractivity contribution in [3.8, 4) is 11.5 Å². The molecule has 0 amide bonds. The fraction of sp³-hybridized carbons (Fsp3) is 0. The lowest BCUT2D eigenvalue weighted by Gasteiger charge is -2.00. The third-order valence-corrected chi connectivity index (χ3v) is 1.71. The highest BCUT2D eigenvalue weighted by Crippen LogP contribution is 2.36. The number of carbonyl (C=O) groups is 1. The van der Waals surface area contributed by atoms with E-state index in [2.05, 4.69) is 0 Å². The second-order valence-corrected chi connectivity index (χ2v) is 2.84. The molecule has 1 rings (SSSR count). The highest BCUT2D eigenvalue weighted by molar-refractivity contribution is 5.85. The van der Waals surface area contributed by atoms with Gasteiger partial charge >= 0.3 is 11.7 Å². The number of phenolic OH excluding ortho intramolecular Hbond substituents is 2. The van der Waals surface area contributed by atoms with Gasteiger partial charge in [-0.3, -0.25) is 10.1 Å². The summed E-state index contributed by atoms with van der Waals surface area (Å²) >= 11 is 0. The van der Waals surface area contributed by atoms with Crippen LogP contribution in [0.4, 0.5) is 5.69 Å². The molecule has 0 aromatic heterocycles. The molecule has 3 N–H and O–H groups in total. The van der Waals surface area contributed by atoms with Crippen LogP contribution in [0.1, 0.15) is 5.56 Å². The molecule has 0 aliphatic heterocycles. The zero-order valence-corrected chi connectivity index (χ0v) is 7.82. The molecule has 1 aromatic rings. The lowest BCUT2D eigenvalue weighted by atomic mass is 10.1. The van der Waals surface area contributed by atoms with Gasteiger partial charge in [-0.1, -0.05) is 0 Å². The highest BCUT2D eigenvalue weighted by atomic mass is 16.6. The predicted octanol–water partition coefficient (Wildman–Crippen LogP) is 1.10. The first kappa shape index (κ1) is 11.5. The molecule has 0 atom stereocenters. The molecule has 0 radical (unpaired) electrons. The Kier molecular flexibility index (Phi) is 3.09. The van der Waals surface area contributed by atoms with E-state index in [-0.39, 0.29) is 5.56 Å². The molecule has 1 aromatic carbocycles. The van der Waals surface area contributed by atoms with E-state index in [4.69, 9.17) is 15.3 Å². The van der Waals surface area contributed by atoms with E-state index in [1.54, 1.807) is 0 Å². The molecule has 0 spiro atoms. The summed E-state index contributed by atoms with van der Waals surface area (Å²) < 4.78 is 0. The molecule has 0 aliphatic carbocycles. The average molecular weight is 225 g/mol. The van der Waals surface area contributed by atoms with Crippen LogP contribution in [0.5, 0.6) is 11.5 Å². The molecule has 0 aliphatic rings. The van der Waals surface area contributed by atoms with Crippen molar-refractivity contribution in [2.45, 2.75) is 0 Å². The Labute approximate surface area is 89.0 Å². The van der Waals surface area contributed by atoms with E-state index >= 15 is 0 Å². The Bertz CT molecular complexity index is 479. The summed E-state index contributed by atoms with van der Waals surface area (Å²) in [4.78, 5) is 19.8. The van der Waals surface area contributed by atoms with Gasteiger partial charge in [-0.2, -0.15) is 0 Å². The number of benzene rings is 1. The van der Waals surface area contributed by atoms with Crippen LogP contribution < -0.4 is 0 Å². The maximum Gasteiger partial charge on any atom is 0.328 e. The number of hydrogen-bond donors (Lipinski definition) is 3. The van der Waals surface area contributed by atoms with Crippen molar-refractivity contribution in [1.29, 1.82) is 0 Å². The fourth-order valence-corrected chi connectivity index (χ4v) is 1.03. The van der Waals surface area contributed by atoms with Crippen molar-refractivity contribution in [3.63, 3.8) is 0 Å². The minimum absolute atomic E-state index is 0.101. The molecule has 16 heavy (non-hydrogen) atoms. The summed E-state index contributed by atoms with van der Waals surface area (Å²) in [6, 6.07) is 1.97. The minimum atomic E-state index is -1.23. The minimum Gasteiger partial charge on any atom is -0.504 e. The molecular formula is C9H7NO6. The first-order valence-electron chi connectivity index (χ1n) is 4.03. The van der Waals surface area contributed by atoms with Gasteiger partial charge in [0.1, 0.15) is 0 Å². The highest BCUT2D eigenvalue weighted by Gasteiger charge is 2.17. The van der Waals surface area contributed by atoms with Crippen LogP contribution in [-0.4, -0.2) is 26.2 Å². The quantitative estimate of drug-likeness (QED) is 0.306. The number of phenols is 2. The standard InChI is InChI=1S/C9H7NO6/c11-7-4-5(1-2-8(12)13)3-6(9(7)14)10(15)16/h1-4,11,14H,(H,12,13). The molecule has 0 bridgehead atoms. The maximum atomic E-state index is 10.5. The molecule has 0 saturated carbocycles. The number of nitro benzene ring substituents is 1. The number of hydrogen-bond acceptors (Lipinski definition) is 5. The van der Waals surface area contributed by atoms with Crippen LogP contribution in [0.25, 0.3) is 6.08 Å². The number of nitrogens with zero attached hydrogens (tertiary/aromatic N) is 1. The van der Waals surface area contributed by atoms with Gasteiger partial charge < -0.3 is 15.3 Å². The summed E-state index contributed by atoms with van der Waals surface area (Å²) in [7, 11) is 0. The fourth-order valence-electron chi connectivity index (χ4n) is 1.03. The third-order valence-electron chi connectivity index (χ3n) is 1.71. The SMILES string of the molecule is O=C(O)C=Cc1cc(O)c(O)c([N+](=O)[O-])c1. The second-order valence-electron chi connectivity index (χ2n) is 2.84. The van der Waals surface area contributed by atoms with Gasteiger partial charge in [-0.25, -0.2) is 4.79 Å². The van der Waals surface area contributed by atoms with Gasteiger partial charge in [0.15, 0.2) is 5.75 Å². The maximum absolute atomic E-state index is 10.5. The van der Waals surface area contributed by atoms with Gasteiger partial charge in [0.2, 0.25) is 5.75 Å². The molecule has 7 heteroatoms. The Balaban J connectivity index is 3.24. The van der Waals surface area contributed by atoms with Gasteiger partial charge in [0.25, 0.3) is 0 Å². The normalized spacial score (nSPS) is 10.5. The predicted molar refractivity (Wildman–Crippen MR) is 53.1 cm³/mol. The number of aromatic hydroxyl groups is 2. The van der Waals surface area contributed by atoms with Crippen LogP contribution >= 0.6 is 0 Å². The van der Waals surface area contributed by atoms with Gasteiger partial charge in [-0.05, 0) is 17.7 Å². The van der Waals surface area contributed by atoms with Crippen molar-refractivity contribution in [2.75, 3.05) is 0 Å². The van der Waals surface area contributed by atoms with Gasteiger partial charge in [0.05, 0.1) is 4.92 Å². The molecular weight excluding hydrogens is 218 g/mol. The molecule has 0 fully saturated rings. The summed E-state index contributed by atoms with van der Waals surface area (Å²) in [6.45, 7) is 0. The summed E-state index contributed by atoms with van der Waals surface area (Å²) in [5.41, 5.74) is -0.588. The van der Waals surface area contributed by atoms with Crippen molar-refractivity contribution in [2.24, 2.45) is 0 Å². The first-order valence-corrected chi connectivity index (χ1v) is 4.03. The molecule has 0 unspecified atom stereocenters. The third kappa shape index (κ3) is 2.47. The van der Waals surface area contributed by atoms with E-state index < -0.39 is 28.1 Å². The van der Waals surface area contributed by atoms with Crippen LogP contribution in [0.3, 0.4) is 0 Å². The van der Waals surface area contributed by atoms with Crippen molar-refractivity contribution in [3.05, 3.63) is 33.9 Å². The molecule has 7 nitrogen and oxygen atoms in total. The van der Waals surface area contributed by atoms with E-state index in [1.807, 2.05) is 0 Å². The molecule has 0 saturated heterocycles. The van der Waals surface area contributed by atoms with Crippen LogP contribution in [0.2, 0.25) is 0 Å². The number of rotatable bonds is 3. The van der Waals surface area contributed by atoms with Crippen molar-refractivity contribution >= 4 is 17.7 Å². The van der Waals surface area contributed by atoms with Gasteiger partial charge in [-0.15, -0.1) is 0 Å². The van der Waals surface area contributed by atoms with E-state index in [1.165, 1.54) is 0 Å². The first-order chi connectivity index (χ1) is 7.41. The van der Waals surface area contributed by atoms with E-state index in [0.29, 0.717) is 0 Å².